The summed E-state index contributed by atoms with van der Waals surface area (Å²) in [6.45, 7) is 1.97. The highest BCUT2D eigenvalue weighted by molar-refractivity contribution is 6.09. The summed E-state index contributed by atoms with van der Waals surface area (Å²) in [6, 6.07) is 31.8. The summed E-state index contributed by atoms with van der Waals surface area (Å²) in [4.78, 5) is 16.2. The van der Waals surface area contributed by atoms with E-state index in [0.717, 1.165) is 38.4 Å². The van der Waals surface area contributed by atoms with E-state index in [1.54, 1.807) is 6.07 Å². The van der Waals surface area contributed by atoms with E-state index >= 15 is 0 Å². The Hall–Kier alpha value is -4.36. The van der Waals surface area contributed by atoms with E-state index in [1.165, 1.54) is 0 Å². The maximum Gasteiger partial charge on any atom is 0.268 e. The number of aromatic amines is 1. The van der Waals surface area contributed by atoms with Gasteiger partial charge < -0.3 is 10.3 Å². The number of rotatable bonds is 4. The van der Waals surface area contributed by atoms with Crippen LogP contribution in [-0.4, -0.2) is 10.9 Å². The van der Waals surface area contributed by atoms with E-state index in [2.05, 4.69) is 34.6 Å². The Balaban J connectivity index is 1.35. The fourth-order valence-electron chi connectivity index (χ4n) is 4.10. The van der Waals surface area contributed by atoms with Crippen molar-refractivity contribution in [3.63, 3.8) is 0 Å². The fraction of sp³-hybridized carbons (Fsp3) is 0.0714. The molecule has 0 bridgehead atoms. The molecule has 0 fully saturated rings. The van der Waals surface area contributed by atoms with Crippen LogP contribution >= 0.6 is 0 Å². The van der Waals surface area contributed by atoms with Gasteiger partial charge in [0.25, 0.3) is 5.91 Å². The maximum absolute atomic E-state index is 12.9. The highest BCUT2D eigenvalue weighted by Gasteiger charge is 2.15. The van der Waals surface area contributed by atoms with Gasteiger partial charge >= 0.3 is 0 Å². The van der Waals surface area contributed by atoms with Crippen LogP contribution in [-0.2, 0) is 0 Å². The molecule has 1 amide bonds. The molecule has 0 radical (unpaired) electrons. The predicted molar refractivity (Wildman–Crippen MR) is 128 cm³/mol. The molecule has 2 N–H and O–H groups in total. The second-order valence-corrected chi connectivity index (χ2v) is 7.94. The molecular formula is C28H21N3O. The van der Waals surface area contributed by atoms with Crippen molar-refractivity contribution in [2.75, 3.05) is 0 Å². The van der Waals surface area contributed by atoms with E-state index in [-0.39, 0.29) is 11.9 Å². The molecular weight excluding hydrogens is 394 g/mol. The molecule has 4 heteroatoms. The first-order valence-electron chi connectivity index (χ1n) is 10.5. The molecule has 0 saturated heterocycles. The van der Waals surface area contributed by atoms with Crippen molar-refractivity contribution in [3.05, 3.63) is 108 Å². The van der Waals surface area contributed by atoms with E-state index in [1.807, 2.05) is 73.7 Å². The lowest BCUT2D eigenvalue weighted by Gasteiger charge is -2.14. The number of aromatic nitrogens is 1. The molecule has 0 spiro atoms. The van der Waals surface area contributed by atoms with Crippen LogP contribution < -0.4 is 5.32 Å². The Morgan fingerprint density at radius 3 is 2.50 bits per heavy atom. The number of nitrogens with one attached hydrogen (secondary N) is 2. The minimum absolute atomic E-state index is 0.136. The number of H-pyrrole nitrogens is 1. The molecule has 1 unspecified atom stereocenters. The standard InChI is InChI=1S/C28H21N3O/c1-18(20-9-11-21(12-10-20)23-7-4-5-19(15-23)17-29)30-28(32)27-16-25-24-8-3-2-6-22(24)13-14-26(25)31-27/h2-16,18,31H,1H3,(H,30,32). The molecule has 1 aromatic heterocycles. The van der Waals surface area contributed by atoms with Gasteiger partial charge in [0.15, 0.2) is 0 Å². The molecule has 0 aliphatic heterocycles. The molecule has 1 heterocycles. The van der Waals surface area contributed by atoms with Crippen molar-refractivity contribution >= 4 is 27.6 Å². The van der Waals surface area contributed by atoms with Crippen LogP contribution in [0.3, 0.4) is 0 Å². The number of nitriles is 1. The first kappa shape index (κ1) is 19.6. The van der Waals surface area contributed by atoms with Gasteiger partial charge in [0, 0.05) is 10.9 Å². The van der Waals surface area contributed by atoms with E-state index < -0.39 is 0 Å². The van der Waals surface area contributed by atoms with Gasteiger partial charge in [0.05, 0.1) is 17.7 Å². The quantitative estimate of drug-likeness (QED) is 0.359. The average Bonchev–Trinajstić information content (AvgIpc) is 3.29. The van der Waals surface area contributed by atoms with Crippen molar-refractivity contribution in [1.82, 2.24) is 10.3 Å². The zero-order chi connectivity index (χ0) is 22.1. The van der Waals surface area contributed by atoms with Crippen LogP contribution in [0.2, 0.25) is 0 Å². The van der Waals surface area contributed by atoms with Crippen LogP contribution in [0.25, 0.3) is 32.8 Å². The Labute approximate surface area is 186 Å². The van der Waals surface area contributed by atoms with Crippen LogP contribution in [0, 0.1) is 11.3 Å². The Bertz CT molecular complexity index is 1490. The monoisotopic (exact) mass is 415 g/mol. The number of amides is 1. The first-order valence-corrected chi connectivity index (χ1v) is 10.5. The topological polar surface area (TPSA) is 68.7 Å². The molecule has 0 saturated carbocycles. The zero-order valence-electron chi connectivity index (χ0n) is 17.6. The molecule has 5 rings (SSSR count). The highest BCUT2D eigenvalue weighted by Crippen LogP contribution is 2.27. The fourth-order valence-corrected chi connectivity index (χ4v) is 4.10. The lowest BCUT2D eigenvalue weighted by Crippen LogP contribution is -2.26. The molecule has 4 nitrogen and oxygen atoms in total. The van der Waals surface area contributed by atoms with Gasteiger partial charge in [-0.3, -0.25) is 4.79 Å². The molecule has 4 aromatic carbocycles. The van der Waals surface area contributed by atoms with Crippen molar-refractivity contribution < 1.29 is 4.79 Å². The normalized spacial score (nSPS) is 11.9. The third-order valence-electron chi connectivity index (χ3n) is 5.86. The maximum atomic E-state index is 12.9. The minimum atomic E-state index is -0.148. The Morgan fingerprint density at radius 2 is 1.69 bits per heavy atom. The number of hydrogen-bond acceptors (Lipinski definition) is 2. The van der Waals surface area contributed by atoms with Crippen LogP contribution in [0.1, 0.15) is 34.6 Å². The van der Waals surface area contributed by atoms with E-state index in [0.29, 0.717) is 11.3 Å². The van der Waals surface area contributed by atoms with Crippen molar-refractivity contribution in [3.8, 4) is 17.2 Å². The molecule has 1 atom stereocenters. The van der Waals surface area contributed by atoms with Crippen LogP contribution in [0.4, 0.5) is 0 Å². The SMILES string of the molecule is CC(NC(=O)c1cc2c(ccc3ccccc32)[nH]1)c1ccc(-c2cccc(C#N)c2)cc1. The molecule has 5 aromatic rings. The van der Waals surface area contributed by atoms with Gasteiger partial charge in [-0.15, -0.1) is 0 Å². The summed E-state index contributed by atoms with van der Waals surface area (Å²) >= 11 is 0. The predicted octanol–water partition coefficient (Wildman–Crippen LogP) is 6.35. The van der Waals surface area contributed by atoms with Crippen molar-refractivity contribution in [2.45, 2.75) is 13.0 Å². The van der Waals surface area contributed by atoms with E-state index in [9.17, 15) is 4.79 Å². The molecule has 0 aliphatic carbocycles. The largest absolute Gasteiger partial charge is 0.351 e. The lowest BCUT2D eigenvalue weighted by molar-refractivity contribution is 0.0935. The zero-order valence-corrected chi connectivity index (χ0v) is 17.6. The molecule has 154 valence electrons. The third kappa shape index (κ3) is 3.61. The Morgan fingerprint density at radius 1 is 0.875 bits per heavy atom. The van der Waals surface area contributed by atoms with Crippen LogP contribution in [0.5, 0.6) is 0 Å². The van der Waals surface area contributed by atoms with Crippen molar-refractivity contribution in [1.29, 1.82) is 5.26 Å². The minimum Gasteiger partial charge on any atom is -0.351 e. The summed E-state index contributed by atoms with van der Waals surface area (Å²) < 4.78 is 0. The van der Waals surface area contributed by atoms with Crippen LogP contribution in [0.15, 0.2) is 91.0 Å². The molecule has 0 aliphatic rings. The first-order chi connectivity index (χ1) is 15.6. The van der Waals surface area contributed by atoms with E-state index in [4.69, 9.17) is 5.26 Å². The number of hydrogen-bond donors (Lipinski definition) is 2. The Kier molecular flexibility index (Phi) is 4.93. The summed E-state index contributed by atoms with van der Waals surface area (Å²) in [5.74, 6) is -0.136. The number of carbonyl (C=O) groups excluding carboxylic acids is 1. The smallest absolute Gasteiger partial charge is 0.268 e. The number of fused-ring (bicyclic) bond motifs is 3. The number of carbonyl (C=O) groups is 1. The number of nitrogens with zero attached hydrogens (tertiary/aromatic N) is 1. The summed E-state index contributed by atoms with van der Waals surface area (Å²) in [5, 5.41) is 15.5. The highest BCUT2D eigenvalue weighted by atomic mass is 16.1. The van der Waals surface area contributed by atoms with Gasteiger partial charge in [-0.2, -0.15) is 5.26 Å². The van der Waals surface area contributed by atoms with Crippen molar-refractivity contribution in [2.24, 2.45) is 0 Å². The van der Waals surface area contributed by atoms with Gasteiger partial charge in [-0.1, -0.05) is 66.7 Å². The summed E-state index contributed by atoms with van der Waals surface area (Å²) in [7, 11) is 0. The van der Waals surface area contributed by atoms with Gasteiger partial charge in [-0.05, 0) is 58.7 Å². The lowest BCUT2D eigenvalue weighted by atomic mass is 10.00. The van der Waals surface area contributed by atoms with Gasteiger partial charge in [0.1, 0.15) is 5.69 Å². The second kappa shape index (κ2) is 8.05. The average molecular weight is 415 g/mol. The number of benzene rings is 4. The summed E-state index contributed by atoms with van der Waals surface area (Å²) in [6.07, 6.45) is 0. The molecule has 32 heavy (non-hydrogen) atoms. The third-order valence-corrected chi connectivity index (χ3v) is 5.86. The van der Waals surface area contributed by atoms with Gasteiger partial charge in [-0.25, -0.2) is 0 Å². The summed E-state index contributed by atoms with van der Waals surface area (Å²) in [5.41, 5.74) is 5.18. The second-order valence-electron chi connectivity index (χ2n) is 7.94. The van der Waals surface area contributed by atoms with Gasteiger partial charge in [0.2, 0.25) is 0 Å².